The van der Waals surface area contributed by atoms with Crippen LogP contribution in [0.25, 0.3) is 0 Å². The highest BCUT2D eigenvalue weighted by molar-refractivity contribution is 5.74. The van der Waals surface area contributed by atoms with Crippen LogP contribution in [-0.2, 0) is 0 Å². The fraction of sp³-hybridized carbons (Fsp3) is 0.316. The molecule has 132 valence electrons. The van der Waals surface area contributed by atoms with Gasteiger partial charge in [0.25, 0.3) is 0 Å². The Kier molecular flexibility index (Phi) is 5.28. The van der Waals surface area contributed by atoms with Gasteiger partial charge in [0, 0.05) is 0 Å². The number of benzene rings is 2. The second-order valence-corrected chi connectivity index (χ2v) is 5.90. The zero-order chi connectivity index (χ0) is 17.6. The van der Waals surface area contributed by atoms with E-state index < -0.39 is 0 Å². The van der Waals surface area contributed by atoms with Crippen molar-refractivity contribution in [2.45, 2.75) is 19.9 Å². The van der Waals surface area contributed by atoms with Gasteiger partial charge in [-0.2, -0.15) is 0 Å². The SMILES string of the molecule is Cc1cccc(OCCNC(=O)NC(C)c2ccc3c(c2)OCO3)c1. The van der Waals surface area contributed by atoms with Crippen LogP contribution in [0, 0.1) is 6.92 Å². The molecule has 1 aliphatic heterocycles. The van der Waals surface area contributed by atoms with E-state index in [2.05, 4.69) is 10.6 Å². The van der Waals surface area contributed by atoms with Gasteiger partial charge in [0.1, 0.15) is 12.4 Å². The minimum Gasteiger partial charge on any atom is -0.492 e. The van der Waals surface area contributed by atoms with Crippen molar-refractivity contribution < 1.29 is 19.0 Å². The molecule has 0 aliphatic carbocycles. The fourth-order valence-corrected chi connectivity index (χ4v) is 2.55. The van der Waals surface area contributed by atoms with Crippen LogP contribution in [0.4, 0.5) is 4.79 Å². The van der Waals surface area contributed by atoms with E-state index in [1.165, 1.54) is 0 Å². The number of carbonyl (C=O) groups is 1. The maximum absolute atomic E-state index is 12.0. The van der Waals surface area contributed by atoms with Crippen molar-refractivity contribution in [1.82, 2.24) is 10.6 Å². The maximum atomic E-state index is 12.0. The Labute approximate surface area is 147 Å². The lowest BCUT2D eigenvalue weighted by molar-refractivity contribution is 0.174. The lowest BCUT2D eigenvalue weighted by Gasteiger charge is -2.15. The second-order valence-electron chi connectivity index (χ2n) is 5.90. The highest BCUT2D eigenvalue weighted by atomic mass is 16.7. The first-order chi connectivity index (χ1) is 12.1. The number of amides is 2. The van der Waals surface area contributed by atoms with Crippen LogP contribution >= 0.6 is 0 Å². The standard InChI is InChI=1S/C19H22N2O4/c1-13-4-3-5-16(10-13)23-9-8-20-19(22)21-14(2)15-6-7-17-18(11-15)25-12-24-17/h3-7,10-11,14H,8-9,12H2,1-2H3,(H2,20,21,22). The van der Waals surface area contributed by atoms with Crippen molar-refractivity contribution in [2.75, 3.05) is 19.9 Å². The first-order valence-electron chi connectivity index (χ1n) is 8.25. The summed E-state index contributed by atoms with van der Waals surface area (Å²) in [6.45, 7) is 5.00. The smallest absolute Gasteiger partial charge is 0.315 e. The Bertz CT molecular complexity index is 748. The van der Waals surface area contributed by atoms with Crippen LogP contribution in [0.1, 0.15) is 24.1 Å². The molecular weight excluding hydrogens is 320 g/mol. The van der Waals surface area contributed by atoms with Crippen LogP contribution in [-0.4, -0.2) is 26.0 Å². The molecule has 0 saturated carbocycles. The molecule has 2 amide bonds. The van der Waals surface area contributed by atoms with Crippen molar-refractivity contribution in [3.05, 3.63) is 53.6 Å². The topological polar surface area (TPSA) is 68.8 Å². The zero-order valence-corrected chi connectivity index (χ0v) is 14.4. The van der Waals surface area contributed by atoms with Gasteiger partial charge in [-0.25, -0.2) is 4.79 Å². The summed E-state index contributed by atoms with van der Waals surface area (Å²) in [6.07, 6.45) is 0. The molecule has 2 aromatic carbocycles. The summed E-state index contributed by atoms with van der Waals surface area (Å²) in [5.41, 5.74) is 2.09. The number of rotatable bonds is 6. The van der Waals surface area contributed by atoms with Crippen molar-refractivity contribution in [2.24, 2.45) is 0 Å². The average molecular weight is 342 g/mol. The molecule has 25 heavy (non-hydrogen) atoms. The van der Waals surface area contributed by atoms with Gasteiger partial charge in [-0.05, 0) is 49.2 Å². The quantitative estimate of drug-likeness (QED) is 0.791. The van der Waals surface area contributed by atoms with Gasteiger partial charge >= 0.3 is 6.03 Å². The van der Waals surface area contributed by atoms with Crippen molar-refractivity contribution in [1.29, 1.82) is 0 Å². The normalized spacial score (nSPS) is 13.2. The fourth-order valence-electron chi connectivity index (χ4n) is 2.55. The Morgan fingerprint density at radius 1 is 1.20 bits per heavy atom. The molecule has 1 unspecified atom stereocenters. The van der Waals surface area contributed by atoms with Gasteiger partial charge in [0.15, 0.2) is 11.5 Å². The first kappa shape index (κ1) is 17.0. The summed E-state index contributed by atoms with van der Waals surface area (Å²) in [7, 11) is 0. The van der Waals surface area contributed by atoms with Gasteiger partial charge in [0.05, 0.1) is 12.6 Å². The Morgan fingerprint density at radius 3 is 2.88 bits per heavy atom. The maximum Gasteiger partial charge on any atom is 0.315 e. The monoisotopic (exact) mass is 342 g/mol. The van der Waals surface area contributed by atoms with E-state index in [4.69, 9.17) is 14.2 Å². The molecule has 0 spiro atoms. The Hall–Kier alpha value is -2.89. The number of fused-ring (bicyclic) bond motifs is 1. The van der Waals surface area contributed by atoms with E-state index in [0.717, 1.165) is 22.6 Å². The minimum absolute atomic E-state index is 0.146. The van der Waals surface area contributed by atoms with Crippen LogP contribution in [0.2, 0.25) is 0 Å². The third-order valence-electron chi connectivity index (χ3n) is 3.89. The number of nitrogens with one attached hydrogen (secondary N) is 2. The van der Waals surface area contributed by atoms with E-state index in [1.54, 1.807) is 0 Å². The molecule has 3 rings (SSSR count). The molecule has 1 aliphatic rings. The molecule has 6 heteroatoms. The van der Waals surface area contributed by atoms with Gasteiger partial charge in [0.2, 0.25) is 6.79 Å². The number of urea groups is 1. The summed E-state index contributed by atoms with van der Waals surface area (Å²) < 4.78 is 16.2. The van der Waals surface area contributed by atoms with E-state index in [0.29, 0.717) is 18.9 Å². The second kappa shape index (κ2) is 7.79. The summed E-state index contributed by atoms with van der Waals surface area (Å²) in [6, 6.07) is 13.1. The van der Waals surface area contributed by atoms with Crippen molar-refractivity contribution in [3.63, 3.8) is 0 Å². The third-order valence-corrected chi connectivity index (χ3v) is 3.89. The molecule has 0 fully saturated rings. The lowest BCUT2D eigenvalue weighted by atomic mass is 10.1. The Morgan fingerprint density at radius 2 is 2.04 bits per heavy atom. The highest BCUT2D eigenvalue weighted by Crippen LogP contribution is 2.34. The summed E-state index contributed by atoms with van der Waals surface area (Å²) in [5.74, 6) is 2.24. The molecule has 1 heterocycles. The molecule has 1 atom stereocenters. The zero-order valence-electron chi connectivity index (χ0n) is 14.4. The largest absolute Gasteiger partial charge is 0.492 e. The molecule has 2 aromatic rings. The van der Waals surface area contributed by atoms with E-state index in [-0.39, 0.29) is 18.9 Å². The van der Waals surface area contributed by atoms with Gasteiger partial charge < -0.3 is 24.8 Å². The molecule has 0 radical (unpaired) electrons. The van der Waals surface area contributed by atoms with Crippen LogP contribution in [0.3, 0.4) is 0 Å². The van der Waals surface area contributed by atoms with Gasteiger partial charge in [-0.15, -0.1) is 0 Å². The lowest BCUT2D eigenvalue weighted by Crippen LogP contribution is -2.38. The van der Waals surface area contributed by atoms with Gasteiger partial charge in [-0.3, -0.25) is 0 Å². The van der Waals surface area contributed by atoms with Crippen LogP contribution < -0.4 is 24.8 Å². The predicted molar refractivity (Wildman–Crippen MR) is 94.2 cm³/mol. The van der Waals surface area contributed by atoms with E-state index in [1.807, 2.05) is 56.3 Å². The van der Waals surface area contributed by atoms with E-state index >= 15 is 0 Å². The summed E-state index contributed by atoms with van der Waals surface area (Å²) in [5, 5.41) is 5.68. The number of hydrogen-bond acceptors (Lipinski definition) is 4. The van der Waals surface area contributed by atoms with Crippen LogP contribution in [0.15, 0.2) is 42.5 Å². The summed E-state index contributed by atoms with van der Waals surface area (Å²) in [4.78, 5) is 12.0. The first-order valence-corrected chi connectivity index (χ1v) is 8.25. The van der Waals surface area contributed by atoms with Gasteiger partial charge in [-0.1, -0.05) is 18.2 Å². The number of ether oxygens (including phenoxy) is 3. The molecule has 0 aromatic heterocycles. The number of aryl methyl sites for hydroxylation is 1. The Balaban J connectivity index is 1.41. The summed E-state index contributed by atoms with van der Waals surface area (Å²) >= 11 is 0. The molecular formula is C19H22N2O4. The minimum atomic E-state index is -0.238. The number of hydrogen-bond donors (Lipinski definition) is 2. The third kappa shape index (κ3) is 4.56. The highest BCUT2D eigenvalue weighted by Gasteiger charge is 2.16. The van der Waals surface area contributed by atoms with Crippen LogP contribution in [0.5, 0.6) is 17.2 Å². The van der Waals surface area contributed by atoms with Crippen molar-refractivity contribution >= 4 is 6.03 Å². The van der Waals surface area contributed by atoms with E-state index in [9.17, 15) is 4.79 Å². The average Bonchev–Trinajstić information content (AvgIpc) is 3.06. The molecule has 2 N–H and O–H groups in total. The number of carbonyl (C=O) groups excluding carboxylic acids is 1. The van der Waals surface area contributed by atoms with Crippen molar-refractivity contribution in [3.8, 4) is 17.2 Å². The predicted octanol–water partition coefficient (Wildman–Crippen LogP) is 3.16. The molecule has 0 bridgehead atoms. The molecule has 0 saturated heterocycles. The molecule has 6 nitrogen and oxygen atoms in total.